The maximum atomic E-state index is 11.7. The second kappa shape index (κ2) is 11.1. The van der Waals surface area contributed by atoms with Gasteiger partial charge in [-0.15, -0.1) is 0 Å². The SMILES string of the molecule is Cc1nn(-c2ccccc2)c(O)c1C1C(O)C(C=C2N(C)c3ccccc3C2(Cc2ccccc2)Cc2ccccc2)C1O. The highest BCUT2D eigenvalue weighted by Gasteiger charge is 2.54. The molecule has 44 heavy (non-hydrogen) atoms. The number of hydrogen-bond acceptors (Lipinski definition) is 5. The van der Waals surface area contributed by atoms with Crippen molar-refractivity contribution in [1.82, 2.24) is 9.78 Å². The minimum absolute atomic E-state index is 0.0456. The standard InChI is InChI=1S/C38H37N3O3/c1-25-33(37(44)41(39-25)28-18-10-5-11-19-28)34-35(42)29(36(34)43)22-32-38(23-26-14-6-3-7-15-26,24-27-16-8-4-9-17-27)30-20-12-13-21-31(30)40(32)2/h3-22,29,34-36,42-44H,23-24H2,1-2H3. The van der Waals surface area contributed by atoms with Gasteiger partial charge in [0.05, 0.1) is 23.6 Å². The van der Waals surface area contributed by atoms with Crippen LogP contribution in [0.25, 0.3) is 5.69 Å². The molecule has 0 amide bonds. The molecule has 2 unspecified atom stereocenters. The Bertz CT molecular complexity index is 1750. The first kappa shape index (κ1) is 28.1. The Hall–Kier alpha value is -4.65. The van der Waals surface area contributed by atoms with Gasteiger partial charge in [-0.05, 0) is 54.7 Å². The molecule has 1 saturated carbocycles. The molecule has 6 heteroatoms. The van der Waals surface area contributed by atoms with E-state index in [1.807, 2.05) is 49.4 Å². The zero-order chi connectivity index (χ0) is 30.4. The van der Waals surface area contributed by atoms with Gasteiger partial charge in [-0.1, -0.05) is 103 Å². The minimum atomic E-state index is -0.890. The number of aliphatic hydroxyl groups is 2. The number of likely N-dealkylation sites (N-methyl/N-ethyl adjacent to an activating group) is 1. The molecule has 1 aliphatic carbocycles. The lowest BCUT2D eigenvalue weighted by Crippen LogP contribution is -2.53. The Balaban J connectivity index is 1.30. The monoisotopic (exact) mass is 583 g/mol. The minimum Gasteiger partial charge on any atom is -0.493 e. The number of benzene rings is 4. The third-order valence-corrected chi connectivity index (χ3v) is 9.62. The molecule has 6 nitrogen and oxygen atoms in total. The number of aliphatic hydroxyl groups excluding tert-OH is 2. The molecule has 7 rings (SSSR count). The van der Waals surface area contributed by atoms with Gasteiger partial charge >= 0.3 is 0 Å². The van der Waals surface area contributed by atoms with Crippen LogP contribution in [0.4, 0.5) is 5.69 Å². The van der Waals surface area contributed by atoms with Crippen LogP contribution in [0.1, 0.15) is 33.9 Å². The lowest BCUT2D eigenvalue weighted by Gasteiger charge is -2.46. The van der Waals surface area contributed by atoms with Crippen molar-refractivity contribution in [3.8, 4) is 11.6 Å². The van der Waals surface area contributed by atoms with Crippen LogP contribution in [-0.4, -0.2) is 44.4 Å². The molecule has 222 valence electrons. The molecule has 1 aliphatic heterocycles. The van der Waals surface area contributed by atoms with Crippen molar-refractivity contribution in [3.05, 3.63) is 155 Å². The third kappa shape index (κ3) is 4.53. The second-order valence-corrected chi connectivity index (χ2v) is 12.2. The third-order valence-electron chi connectivity index (χ3n) is 9.62. The first-order chi connectivity index (χ1) is 21.4. The number of aromatic hydroxyl groups is 1. The maximum absolute atomic E-state index is 11.7. The summed E-state index contributed by atoms with van der Waals surface area (Å²) in [6.07, 6.45) is 1.84. The van der Waals surface area contributed by atoms with Gasteiger partial charge in [-0.2, -0.15) is 5.10 Å². The Kier molecular flexibility index (Phi) is 7.11. The van der Waals surface area contributed by atoms with Crippen LogP contribution in [0.3, 0.4) is 0 Å². The highest BCUT2D eigenvalue weighted by molar-refractivity contribution is 5.71. The van der Waals surface area contributed by atoms with Crippen LogP contribution in [0.15, 0.2) is 127 Å². The van der Waals surface area contributed by atoms with Crippen molar-refractivity contribution >= 4 is 5.69 Å². The Morgan fingerprint density at radius 2 is 1.27 bits per heavy atom. The predicted molar refractivity (Wildman–Crippen MR) is 173 cm³/mol. The van der Waals surface area contributed by atoms with Gasteiger partial charge < -0.3 is 20.2 Å². The largest absolute Gasteiger partial charge is 0.493 e. The lowest BCUT2D eigenvalue weighted by atomic mass is 9.63. The van der Waals surface area contributed by atoms with E-state index in [1.165, 1.54) is 21.4 Å². The van der Waals surface area contributed by atoms with Crippen molar-refractivity contribution < 1.29 is 15.3 Å². The maximum Gasteiger partial charge on any atom is 0.218 e. The van der Waals surface area contributed by atoms with Gasteiger partial charge in [0.15, 0.2) is 0 Å². The molecule has 5 aromatic rings. The molecule has 1 aromatic heterocycles. The fraction of sp³-hybridized carbons (Fsp3) is 0.237. The fourth-order valence-corrected chi connectivity index (χ4v) is 7.48. The highest BCUT2D eigenvalue weighted by atomic mass is 16.3. The summed E-state index contributed by atoms with van der Waals surface area (Å²) in [4.78, 5) is 2.23. The molecular formula is C38H37N3O3. The van der Waals surface area contributed by atoms with Crippen LogP contribution in [0, 0.1) is 12.8 Å². The number of para-hydroxylation sites is 2. The Morgan fingerprint density at radius 1 is 0.750 bits per heavy atom. The number of fused-ring (bicyclic) bond motifs is 1. The van der Waals surface area contributed by atoms with E-state index < -0.39 is 29.5 Å². The van der Waals surface area contributed by atoms with Crippen LogP contribution in [0.5, 0.6) is 5.88 Å². The summed E-state index contributed by atoms with van der Waals surface area (Å²) < 4.78 is 1.47. The number of hydrogen-bond donors (Lipinski definition) is 3. The van der Waals surface area contributed by atoms with Gasteiger partial charge in [0.2, 0.25) is 5.88 Å². The number of allylic oxidation sites excluding steroid dienone is 1. The smallest absolute Gasteiger partial charge is 0.218 e. The van der Waals surface area contributed by atoms with Gasteiger partial charge in [0.1, 0.15) is 0 Å². The summed E-state index contributed by atoms with van der Waals surface area (Å²) in [5, 5.41) is 39.1. The normalized spacial score (nSPS) is 23.0. The van der Waals surface area contributed by atoms with Crippen molar-refractivity contribution in [2.75, 3.05) is 11.9 Å². The molecule has 3 N–H and O–H groups in total. The topological polar surface area (TPSA) is 81.8 Å². The second-order valence-electron chi connectivity index (χ2n) is 12.2. The van der Waals surface area contributed by atoms with E-state index in [2.05, 4.69) is 95.9 Å². The van der Waals surface area contributed by atoms with E-state index in [1.54, 1.807) is 0 Å². The van der Waals surface area contributed by atoms with E-state index in [4.69, 9.17) is 0 Å². The van der Waals surface area contributed by atoms with E-state index in [0.717, 1.165) is 29.9 Å². The van der Waals surface area contributed by atoms with Crippen LogP contribution >= 0.6 is 0 Å². The van der Waals surface area contributed by atoms with Crippen LogP contribution in [0.2, 0.25) is 0 Å². The molecule has 4 aromatic carbocycles. The number of nitrogens with zero attached hydrogens (tertiary/aromatic N) is 3. The fourth-order valence-electron chi connectivity index (χ4n) is 7.48. The van der Waals surface area contributed by atoms with Gasteiger partial charge in [0, 0.05) is 41.2 Å². The molecule has 0 radical (unpaired) electrons. The number of aromatic nitrogens is 2. The van der Waals surface area contributed by atoms with Crippen LogP contribution < -0.4 is 4.90 Å². The first-order valence-electron chi connectivity index (χ1n) is 15.2. The molecule has 0 saturated heterocycles. The highest BCUT2D eigenvalue weighted by Crippen LogP contribution is 2.54. The number of rotatable bonds is 7. The quantitative estimate of drug-likeness (QED) is 0.216. The van der Waals surface area contributed by atoms with Crippen molar-refractivity contribution in [3.63, 3.8) is 0 Å². The average molecular weight is 584 g/mol. The van der Waals surface area contributed by atoms with Crippen molar-refractivity contribution in [2.45, 2.75) is 43.3 Å². The van der Waals surface area contributed by atoms with Gasteiger partial charge in [-0.3, -0.25) is 0 Å². The zero-order valence-electron chi connectivity index (χ0n) is 25.0. The number of anilines is 1. The molecular weight excluding hydrogens is 546 g/mol. The Labute approximate surface area is 258 Å². The first-order valence-corrected chi connectivity index (χ1v) is 15.2. The zero-order valence-corrected chi connectivity index (χ0v) is 25.0. The summed E-state index contributed by atoms with van der Waals surface area (Å²) >= 11 is 0. The molecule has 2 aliphatic rings. The average Bonchev–Trinajstić information content (AvgIpc) is 3.46. The summed E-state index contributed by atoms with van der Waals surface area (Å²) in [6, 6.07) is 39.0. The number of aryl methyl sites for hydroxylation is 1. The molecule has 0 spiro atoms. The van der Waals surface area contributed by atoms with Crippen LogP contribution in [-0.2, 0) is 18.3 Å². The predicted octanol–water partition coefficient (Wildman–Crippen LogP) is 6.08. The van der Waals surface area contributed by atoms with Crippen molar-refractivity contribution in [1.29, 1.82) is 0 Å². The Morgan fingerprint density at radius 3 is 1.86 bits per heavy atom. The van der Waals surface area contributed by atoms with Gasteiger partial charge in [-0.25, -0.2) is 4.68 Å². The van der Waals surface area contributed by atoms with E-state index in [9.17, 15) is 15.3 Å². The van der Waals surface area contributed by atoms with E-state index >= 15 is 0 Å². The van der Waals surface area contributed by atoms with E-state index in [-0.39, 0.29) is 5.88 Å². The lowest BCUT2D eigenvalue weighted by molar-refractivity contribution is -0.0955. The summed E-state index contributed by atoms with van der Waals surface area (Å²) in [7, 11) is 2.08. The van der Waals surface area contributed by atoms with Crippen molar-refractivity contribution in [2.24, 2.45) is 5.92 Å². The summed E-state index contributed by atoms with van der Waals surface area (Å²) in [5.74, 6) is -1.21. The summed E-state index contributed by atoms with van der Waals surface area (Å²) in [6.45, 7) is 1.81. The molecule has 0 bridgehead atoms. The molecule has 2 heterocycles. The molecule has 1 fully saturated rings. The van der Waals surface area contributed by atoms with Gasteiger partial charge in [0.25, 0.3) is 0 Å². The molecule has 2 atom stereocenters. The van der Waals surface area contributed by atoms with E-state index in [0.29, 0.717) is 11.3 Å². The summed E-state index contributed by atoms with van der Waals surface area (Å²) in [5.41, 5.74) is 7.25.